The molecule has 1 amide bonds. The van der Waals surface area contributed by atoms with E-state index >= 15 is 0 Å². The Morgan fingerprint density at radius 2 is 1.72 bits per heavy atom. The molecule has 0 bridgehead atoms. The Labute approximate surface area is 173 Å². The molecule has 0 fully saturated rings. The highest BCUT2D eigenvalue weighted by Gasteiger charge is 2.15. The summed E-state index contributed by atoms with van der Waals surface area (Å²) in [4.78, 5) is 14.9. The molecule has 3 rings (SSSR count). The summed E-state index contributed by atoms with van der Waals surface area (Å²) in [6, 6.07) is 13.4. The normalized spacial score (nSPS) is 14.2. The lowest BCUT2D eigenvalue weighted by Crippen LogP contribution is -2.26. The van der Waals surface area contributed by atoms with Gasteiger partial charge in [0.05, 0.1) is 19.8 Å². The highest BCUT2D eigenvalue weighted by atomic mass is 16.5. The third-order valence-corrected chi connectivity index (χ3v) is 4.92. The van der Waals surface area contributed by atoms with Crippen LogP contribution in [0, 0.1) is 5.92 Å². The van der Waals surface area contributed by atoms with Crippen molar-refractivity contribution in [2.45, 2.75) is 26.8 Å². The molecule has 0 saturated carbocycles. The minimum atomic E-state index is -0.155. The molecule has 1 unspecified atom stereocenters. The van der Waals surface area contributed by atoms with Gasteiger partial charge in [0, 0.05) is 24.3 Å². The van der Waals surface area contributed by atoms with Gasteiger partial charge in [0.2, 0.25) is 0 Å². The first-order chi connectivity index (χ1) is 14.0. The monoisotopic (exact) mass is 394 g/mol. The number of anilines is 1. The van der Waals surface area contributed by atoms with Gasteiger partial charge < -0.3 is 19.7 Å². The summed E-state index contributed by atoms with van der Waals surface area (Å²) in [5.74, 6) is 1.73. The second kappa shape index (κ2) is 9.50. The highest BCUT2D eigenvalue weighted by Crippen LogP contribution is 2.31. The van der Waals surface area contributed by atoms with Crippen molar-refractivity contribution in [3.63, 3.8) is 0 Å². The third-order valence-electron chi connectivity index (χ3n) is 4.92. The lowest BCUT2D eigenvalue weighted by atomic mass is 10.1. The smallest absolute Gasteiger partial charge is 0.251 e. The summed E-state index contributed by atoms with van der Waals surface area (Å²) >= 11 is 0. The highest BCUT2D eigenvalue weighted by molar-refractivity contribution is 5.94. The molecule has 0 saturated heterocycles. The molecule has 1 aliphatic rings. The zero-order valence-electron chi connectivity index (χ0n) is 17.6. The second-order valence-corrected chi connectivity index (χ2v) is 7.73. The van der Waals surface area contributed by atoms with E-state index < -0.39 is 0 Å². The number of methoxy groups -OCH3 is 1. The predicted octanol–water partition coefficient (Wildman–Crippen LogP) is 4.60. The van der Waals surface area contributed by atoms with Gasteiger partial charge >= 0.3 is 0 Å². The lowest BCUT2D eigenvalue weighted by Gasteiger charge is -2.19. The fraction of sp³-hybridized carbons (Fsp3) is 0.375. The van der Waals surface area contributed by atoms with Crippen LogP contribution in [0.2, 0.25) is 0 Å². The quantitative estimate of drug-likeness (QED) is 0.665. The molecule has 2 aromatic carbocycles. The Balaban J connectivity index is 1.64. The van der Waals surface area contributed by atoms with Crippen LogP contribution in [0.3, 0.4) is 0 Å². The molecule has 29 heavy (non-hydrogen) atoms. The Morgan fingerprint density at radius 3 is 2.34 bits per heavy atom. The number of hydrogen-bond acceptors (Lipinski definition) is 4. The van der Waals surface area contributed by atoms with Crippen molar-refractivity contribution in [3.05, 3.63) is 65.7 Å². The maximum atomic E-state index is 12.7. The lowest BCUT2D eigenvalue weighted by molar-refractivity contribution is 0.0940. The van der Waals surface area contributed by atoms with Gasteiger partial charge in [-0.3, -0.25) is 4.79 Å². The number of hydrogen-bond donors (Lipinski definition) is 1. The number of rotatable bonds is 8. The maximum absolute atomic E-state index is 12.7. The molecule has 0 aromatic heterocycles. The number of nitrogens with one attached hydrogen (secondary N) is 1. The SMILES string of the molecule is COc1cc(C(C)NC(=O)c2ccc(N3CC=CC3)cc2)ccc1OCC(C)C. The van der Waals surface area contributed by atoms with Crippen LogP contribution in [0.15, 0.2) is 54.6 Å². The zero-order valence-corrected chi connectivity index (χ0v) is 17.6. The molecule has 2 aromatic rings. The first-order valence-corrected chi connectivity index (χ1v) is 10.1. The van der Waals surface area contributed by atoms with E-state index in [4.69, 9.17) is 9.47 Å². The van der Waals surface area contributed by atoms with Crippen molar-refractivity contribution in [2.75, 3.05) is 31.7 Å². The van der Waals surface area contributed by atoms with Crippen LogP contribution in [-0.4, -0.2) is 32.7 Å². The van der Waals surface area contributed by atoms with Crippen LogP contribution in [-0.2, 0) is 0 Å². The molecular weight excluding hydrogens is 364 g/mol. The molecule has 1 N–H and O–H groups in total. The van der Waals surface area contributed by atoms with Gasteiger partial charge in [-0.2, -0.15) is 0 Å². The average molecular weight is 395 g/mol. The van der Waals surface area contributed by atoms with E-state index in [2.05, 4.69) is 36.2 Å². The van der Waals surface area contributed by atoms with Crippen molar-refractivity contribution < 1.29 is 14.3 Å². The van der Waals surface area contributed by atoms with Crippen LogP contribution in [0.5, 0.6) is 11.5 Å². The van der Waals surface area contributed by atoms with Gasteiger partial charge in [0.1, 0.15) is 0 Å². The van der Waals surface area contributed by atoms with E-state index in [-0.39, 0.29) is 11.9 Å². The van der Waals surface area contributed by atoms with Gasteiger partial charge in [-0.1, -0.05) is 32.1 Å². The number of benzene rings is 2. The van der Waals surface area contributed by atoms with Gasteiger partial charge in [-0.15, -0.1) is 0 Å². The standard InChI is InChI=1S/C24H30N2O3/c1-17(2)16-29-22-12-9-20(15-23(22)28-4)18(3)25-24(27)19-7-10-21(11-8-19)26-13-5-6-14-26/h5-12,15,17-18H,13-14,16H2,1-4H3,(H,25,27). The fourth-order valence-corrected chi connectivity index (χ4v) is 3.21. The minimum absolute atomic E-state index is 0.0947. The van der Waals surface area contributed by atoms with Gasteiger partial charge in [0.25, 0.3) is 5.91 Å². The largest absolute Gasteiger partial charge is 0.493 e. The third kappa shape index (κ3) is 5.31. The Kier molecular flexibility index (Phi) is 6.81. The molecule has 1 atom stereocenters. The molecule has 1 heterocycles. The molecular formula is C24H30N2O3. The number of amides is 1. The van der Waals surface area contributed by atoms with E-state index in [1.54, 1.807) is 7.11 Å². The van der Waals surface area contributed by atoms with Crippen molar-refractivity contribution in [3.8, 4) is 11.5 Å². The molecule has 0 aliphatic carbocycles. The van der Waals surface area contributed by atoms with Crippen LogP contribution in [0.4, 0.5) is 5.69 Å². The van der Waals surface area contributed by atoms with E-state index in [1.165, 1.54) is 0 Å². The van der Waals surface area contributed by atoms with Crippen LogP contribution >= 0.6 is 0 Å². The maximum Gasteiger partial charge on any atom is 0.251 e. The first kappa shape index (κ1) is 20.8. The van der Waals surface area contributed by atoms with Crippen LogP contribution in [0.1, 0.15) is 42.7 Å². The summed E-state index contributed by atoms with van der Waals surface area (Å²) in [7, 11) is 1.63. The fourth-order valence-electron chi connectivity index (χ4n) is 3.21. The first-order valence-electron chi connectivity index (χ1n) is 10.1. The number of nitrogens with zero attached hydrogens (tertiary/aromatic N) is 1. The molecule has 5 nitrogen and oxygen atoms in total. The summed E-state index contributed by atoms with van der Waals surface area (Å²) in [6.45, 7) is 8.64. The number of ether oxygens (including phenoxy) is 2. The van der Waals surface area contributed by atoms with Crippen molar-refractivity contribution in [1.82, 2.24) is 5.32 Å². The summed E-state index contributed by atoms with van der Waals surface area (Å²) in [5.41, 5.74) is 2.74. The Morgan fingerprint density at radius 1 is 1.03 bits per heavy atom. The Hall–Kier alpha value is -2.95. The van der Waals surface area contributed by atoms with Crippen LogP contribution in [0.25, 0.3) is 0 Å². The van der Waals surface area contributed by atoms with E-state index in [1.807, 2.05) is 49.4 Å². The molecule has 0 radical (unpaired) electrons. The van der Waals surface area contributed by atoms with Crippen molar-refractivity contribution in [1.29, 1.82) is 0 Å². The predicted molar refractivity (Wildman–Crippen MR) is 117 cm³/mol. The molecule has 5 heteroatoms. The molecule has 154 valence electrons. The van der Waals surface area contributed by atoms with Crippen molar-refractivity contribution in [2.24, 2.45) is 5.92 Å². The Bertz CT molecular complexity index is 851. The number of carbonyl (C=O) groups excluding carboxylic acids is 1. The topological polar surface area (TPSA) is 50.8 Å². The molecule has 1 aliphatic heterocycles. The summed E-state index contributed by atoms with van der Waals surface area (Å²) < 4.78 is 11.3. The minimum Gasteiger partial charge on any atom is -0.493 e. The van der Waals surface area contributed by atoms with E-state index in [9.17, 15) is 4.79 Å². The zero-order chi connectivity index (χ0) is 20.8. The second-order valence-electron chi connectivity index (χ2n) is 7.73. The van der Waals surface area contributed by atoms with Gasteiger partial charge in [0.15, 0.2) is 11.5 Å². The summed E-state index contributed by atoms with van der Waals surface area (Å²) in [5, 5.41) is 3.06. The van der Waals surface area contributed by atoms with Crippen LogP contribution < -0.4 is 19.7 Å². The number of carbonyl (C=O) groups is 1. The van der Waals surface area contributed by atoms with E-state index in [0.29, 0.717) is 23.8 Å². The molecule has 0 spiro atoms. The van der Waals surface area contributed by atoms with Crippen molar-refractivity contribution >= 4 is 11.6 Å². The van der Waals surface area contributed by atoms with Gasteiger partial charge in [-0.25, -0.2) is 0 Å². The van der Waals surface area contributed by atoms with Gasteiger partial charge in [-0.05, 0) is 54.8 Å². The average Bonchev–Trinajstić information content (AvgIpc) is 3.27. The summed E-state index contributed by atoms with van der Waals surface area (Å²) in [6.07, 6.45) is 4.30. The van der Waals surface area contributed by atoms with E-state index in [0.717, 1.165) is 30.1 Å².